The zero-order chi connectivity index (χ0) is 11.1. The van der Waals surface area contributed by atoms with Crippen molar-refractivity contribution in [3.05, 3.63) is 0 Å². The van der Waals surface area contributed by atoms with E-state index in [4.69, 9.17) is 9.84 Å². The van der Waals surface area contributed by atoms with Gasteiger partial charge in [-0.3, -0.25) is 0 Å². The monoisotopic (exact) mass is 215 g/mol. The molecule has 2 rings (SSSR count). The number of piperidine rings is 1. The zero-order valence-corrected chi connectivity index (χ0v) is 8.85. The van der Waals surface area contributed by atoms with Crippen LogP contribution in [0.15, 0.2) is 0 Å². The zero-order valence-electron chi connectivity index (χ0n) is 8.85. The first-order valence-electron chi connectivity index (χ1n) is 5.33. The maximum Gasteiger partial charge on any atom is 0.407 e. The van der Waals surface area contributed by atoms with Crippen molar-refractivity contribution in [2.45, 2.75) is 32.0 Å². The third-order valence-corrected chi connectivity index (χ3v) is 3.74. The number of hydrogen-bond acceptors (Lipinski definition) is 3. The normalized spacial score (nSPS) is 34.7. The maximum absolute atomic E-state index is 10.7. The molecule has 2 atom stereocenters. The van der Waals surface area contributed by atoms with Crippen molar-refractivity contribution in [3.63, 3.8) is 0 Å². The fraction of sp³-hybridized carbons (Fsp3) is 0.900. The third-order valence-electron chi connectivity index (χ3n) is 3.74. The van der Waals surface area contributed by atoms with Crippen LogP contribution in [0.3, 0.4) is 0 Å². The minimum atomic E-state index is -0.869. The minimum Gasteiger partial charge on any atom is -0.465 e. The highest BCUT2D eigenvalue weighted by Gasteiger charge is 2.49. The van der Waals surface area contributed by atoms with E-state index < -0.39 is 12.2 Å². The number of carboxylic acid groups (broad SMARTS) is 1. The van der Waals surface area contributed by atoms with Gasteiger partial charge in [-0.25, -0.2) is 4.79 Å². The SMILES string of the molecule is C[C@@H]1OCC2(CCN(C(=O)O)CC2)C1O. The summed E-state index contributed by atoms with van der Waals surface area (Å²) in [6, 6.07) is 0. The summed E-state index contributed by atoms with van der Waals surface area (Å²) >= 11 is 0. The molecule has 2 fully saturated rings. The number of hydrogen-bond donors (Lipinski definition) is 2. The number of carbonyl (C=O) groups is 1. The number of ether oxygens (including phenoxy) is 1. The van der Waals surface area contributed by atoms with Gasteiger partial charge >= 0.3 is 6.09 Å². The van der Waals surface area contributed by atoms with Gasteiger partial charge in [0.15, 0.2) is 0 Å². The molecule has 86 valence electrons. The molecule has 2 heterocycles. The molecule has 0 radical (unpaired) electrons. The maximum atomic E-state index is 10.7. The van der Waals surface area contributed by atoms with Crippen LogP contribution < -0.4 is 0 Å². The highest BCUT2D eigenvalue weighted by atomic mass is 16.5. The average Bonchev–Trinajstić information content (AvgIpc) is 2.48. The number of amides is 1. The molecule has 0 aromatic heterocycles. The second kappa shape index (κ2) is 3.64. The van der Waals surface area contributed by atoms with Gasteiger partial charge in [-0.1, -0.05) is 0 Å². The number of aliphatic hydroxyl groups is 1. The van der Waals surface area contributed by atoms with Gasteiger partial charge < -0.3 is 19.8 Å². The molecule has 1 unspecified atom stereocenters. The smallest absolute Gasteiger partial charge is 0.407 e. The lowest BCUT2D eigenvalue weighted by Gasteiger charge is -2.39. The van der Waals surface area contributed by atoms with Crippen molar-refractivity contribution in [1.82, 2.24) is 4.90 Å². The first kappa shape index (κ1) is 10.7. The van der Waals surface area contributed by atoms with Crippen LogP contribution in [0.5, 0.6) is 0 Å². The van der Waals surface area contributed by atoms with Crippen LogP contribution in [0.2, 0.25) is 0 Å². The summed E-state index contributed by atoms with van der Waals surface area (Å²) in [5.74, 6) is 0. The van der Waals surface area contributed by atoms with E-state index in [9.17, 15) is 9.90 Å². The highest BCUT2D eigenvalue weighted by molar-refractivity contribution is 5.65. The Bertz CT molecular complexity index is 260. The van der Waals surface area contributed by atoms with Crippen molar-refractivity contribution in [3.8, 4) is 0 Å². The highest BCUT2D eigenvalue weighted by Crippen LogP contribution is 2.41. The van der Waals surface area contributed by atoms with Crippen molar-refractivity contribution < 1.29 is 19.7 Å². The van der Waals surface area contributed by atoms with E-state index in [1.165, 1.54) is 4.90 Å². The first-order valence-corrected chi connectivity index (χ1v) is 5.33. The number of rotatable bonds is 0. The van der Waals surface area contributed by atoms with E-state index in [-0.39, 0.29) is 11.5 Å². The van der Waals surface area contributed by atoms with Crippen molar-refractivity contribution in [1.29, 1.82) is 0 Å². The van der Waals surface area contributed by atoms with Gasteiger partial charge in [-0.15, -0.1) is 0 Å². The van der Waals surface area contributed by atoms with E-state index in [1.54, 1.807) is 0 Å². The molecule has 15 heavy (non-hydrogen) atoms. The first-order chi connectivity index (χ1) is 7.05. The summed E-state index contributed by atoms with van der Waals surface area (Å²) < 4.78 is 5.44. The standard InChI is InChI=1S/C10H17NO4/c1-7-8(12)10(6-15-7)2-4-11(5-3-10)9(13)14/h7-8,12H,2-6H2,1H3,(H,13,14)/t7-,8?/m0/s1. The van der Waals surface area contributed by atoms with E-state index >= 15 is 0 Å². The lowest BCUT2D eigenvalue weighted by atomic mass is 9.75. The third kappa shape index (κ3) is 1.70. The Kier molecular flexibility index (Phi) is 2.60. The summed E-state index contributed by atoms with van der Waals surface area (Å²) in [6.45, 7) is 3.43. The molecule has 5 nitrogen and oxygen atoms in total. The van der Waals surface area contributed by atoms with Crippen LogP contribution in [0.1, 0.15) is 19.8 Å². The van der Waals surface area contributed by atoms with Gasteiger partial charge in [0, 0.05) is 18.5 Å². The summed E-state index contributed by atoms with van der Waals surface area (Å²) in [5, 5.41) is 18.8. The number of nitrogens with zero attached hydrogens (tertiary/aromatic N) is 1. The Morgan fingerprint density at radius 2 is 2.07 bits per heavy atom. The topological polar surface area (TPSA) is 70.0 Å². The van der Waals surface area contributed by atoms with E-state index in [0.717, 1.165) is 0 Å². The Morgan fingerprint density at radius 1 is 1.47 bits per heavy atom. The number of likely N-dealkylation sites (tertiary alicyclic amines) is 1. The van der Waals surface area contributed by atoms with Gasteiger partial charge in [-0.05, 0) is 19.8 Å². The van der Waals surface area contributed by atoms with E-state index in [2.05, 4.69) is 0 Å². The van der Waals surface area contributed by atoms with Crippen molar-refractivity contribution in [2.75, 3.05) is 19.7 Å². The summed E-state index contributed by atoms with van der Waals surface area (Å²) in [5.41, 5.74) is -0.203. The van der Waals surface area contributed by atoms with Gasteiger partial charge in [-0.2, -0.15) is 0 Å². The second-order valence-electron chi connectivity index (χ2n) is 4.59. The van der Waals surface area contributed by atoms with Crippen molar-refractivity contribution in [2.24, 2.45) is 5.41 Å². The molecule has 2 aliphatic rings. The Hall–Kier alpha value is -0.810. The molecule has 0 aromatic carbocycles. The van der Waals surface area contributed by atoms with Gasteiger partial charge in [0.1, 0.15) is 0 Å². The summed E-state index contributed by atoms with van der Waals surface area (Å²) in [6.07, 6.45) is -0.0450. The summed E-state index contributed by atoms with van der Waals surface area (Å²) in [7, 11) is 0. The minimum absolute atomic E-state index is 0.124. The largest absolute Gasteiger partial charge is 0.465 e. The molecular formula is C10H17NO4. The molecule has 0 aromatic rings. The molecule has 2 N–H and O–H groups in total. The number of aliphatic hydroxyl groups excluding tert-OH is 1. The Labute approximate surface area is 88.6 Å². The quantitative estimate of drug-likeness (QED) is 0.618. The van der Waals surface area contributed by atoms with Crippen LogP contribution in [-0.4, -0.2) is 53.1 Å². The Morgan fingerprint density at radius 3 is 2.47 bits per heavy atom. The molecule has 2 saturated heterocycles. The van der Waals surface area contributed by atoms with Crippen LogP contribution in [0, 0.1) is 5.41 Å². The van der Waals surface area contributed by atoms with Gasteiger partial charge in [0.25, 0.3) is 0 Å². The predicted molar refractivity (Wildman–Crippen MR) is 52.7 cm³/mol. The van der Waals surface area contributed by atoms with Crippen LogP contribution in [-0.2, 0) is 4.74 Å². The van der Waals surface area contributed by atoms with E-state index in [1.807, 2.05) is 6.92 Å². The molecule has 1 spiro atoms. The molecule has 0 aliphatic carbocycles. The lowest BCUT2D eigenvalue weighted by Crippen LogP contribution is -2.48. The molecular weight excluding hydrogens is 198 g/mol. The summed E-state index contributed by atoms with van der Waals surface area (Å²) in [4.78, 5) is 12.1. The fourth-order valence-corrected chi connectivity index (χ4v) is 2.56. The second-order valence-corrected chi connectivity index (χ2v) is 4.59. The molecule has 1 amide bonds. The molecule has 0 saturated carbocycles. The lowest BCUT2D eigenvalue weighted by molar-refractivity contribution is 0.00331. The average molecular weight is 215 g/mol. The van der Waals surface area contributed by atoms with Gasteiger partial charge in [0.05, 0.1) is 18.8 Å². The van der Waals surface area contributed by atoms with Crippen LogP contribution in [0.25, 0.3) is 0 Å². The molecule has 5 heteroatoms. The van der Waals surface area contributed by atoms with E-state index in [0.29, 0.717) is 32.5 Å². The van der Waals surface area contributed by atoms with Crippen LogP contribution in [0.4, 0.5) is 4.79 Å². The fourth-order valence-electron chi connectivity index (χ4n) is 2.56. The van der Waals surface area contributed by atoms with Gasteiger partial charge in [0.2, 0.25) is 0 Å². The molecule has 2 aliphatic heterocycles. The van der Waals surface area contributed by atoms with Crippen molar-refractivity contribution >= 4 is 6.09 Å². The predicted octanol–water partition coefficient (Wildman–Crippen LogP) is 0.526. The van der Waals surface area contributed by atoms with Crippen LogP contribution >= 0.6 is 0 Å². The molecule has 0 bridgehead atoms. The Balaban J connectivity index is 2.00.